The number of benzene rings is 1. The van der Waals surface area contributed by atoms with Gasteiger partial charge in [0.15, 0.2) is 0 Å². The molecule has 2 N–H and O–H groups in total. The standard InChI is InChI=1S/C15H22ClNO/c1-11-3-2-4-12(9-11)15(17)10-18-14-7-5-13(16)6-8-14/h5-8,11-12,15H,2-4,9-10,17H2,1H3. The van der Waals surface area contributed by atoms with Gasteiger partial charge in [-0.05, 0) is 48.9 Å². The first kappa shape index (κ1) is 13.7. The van der Waals surface area contributed by atoms with Crippen molar-refractivity contribution in [3.63, 3.8) is 0 Å². The van der Waals surface area contributed by atoms with Gasteiger partial charge in [0, 0.05) is 11.1 Å². The van der Waals surface area contributed by atoms with Crippen molar-refractivity contribution in [2.45, 2.75) is 38.6 Å². The van der Waals surface area contributed by atoms with Crippen molar-refractivity contribution in [3.8, 4) is 5.75 Å². The minimum atomic E-state index is 0.142. The molecule has 0 amide bonds. The molecule has 0 aliphatic heterocycles. The molecule has 0 saturated heterocycles. The van der Waals surface area contributed by atoms with Crippen LogP contribution in [0.15, 0.2) is 24.3 Å². The summed E-state index contributed by atoms with van der Waals surface area (Å²) in [4.78, 5) is 0. The van der Waals surface area contributed by atoms with E-state index >= 15 is 0 Å². The molecule has 0 bridgehead atoms. The highest BCUT2D eigenvalue weighted by molar-refractivity contribution is 6.30. The molecule has 0 aromatic heterocycles. The van der Waals surface area contributed by atoms with Gasteiger partial charge in [-0.3, -0.25) is 0 Å². The lowest BCUT2D eigenvalue weighted by atomic mass is 9.79. The lowest BCUT2D eigenvalue weighted by Gasteiger charge is -2.31. The number of rotatable bonds is 4. The molecule has 2 nitrogen and oxygen atoms in total. The number of hydrogen-bond acceptors (Lipinski definition) is 2. The first-order valence-electron chi connectivity index (χ1n) is 6.79. The topological polar surface area (TPSA) is 35.2 Å². The molecule has 1 aromatic rings. The summed E-state index contributed by atoms with van der Waals surface area (Å²) in [5, 5.41) is 0.729. The Morgan fingerprint density at radius 2 is 2.06 bits per heavy atom. The second kappa shape index (κ2) is 6.44. The summed E-state index contributed by atoms with van der Waals surface area (Å²) >= 11 is 5.83. The van der Waals surface area contributed by atoms with Crippen LogP contribution in [0, 0.1) is 11.8 Å². The summed E-state index contributed by atoms with van der Waals surface area (Å²) in [6.07, 6.45) is 5.14. The van der Waals surface area contributed by atoms with Gasteiger partial charge in [-0.25, -0.2) is 0 Å². The van der Waals surface area contributed by atoms with E-state index in [-0.39, 0.29) is 6.04 Å². The molecular weight excluding hydrogens is 246 g/mol. The third-order valence-corrected chi connectivity index (χ3v) is 4.09. The van der Waals surface area contributed by atoms with Crippen LogP contribution in [0.3, 0.4) is 0 Å². The highest BCUT2D eigenvalue weighted by Gasteiger charge is 2.24. The van der Waals surface area contributed by atoms with E-state index in [1.807, 2.05) is 24.3 Å². The molecule has 0 radical (unpaired) electrons. The Morgan fingerprint density at radius 3 is 2.72 bits per heavy atom. The number of nitrogens with two attached hydrogens (primary N) is 1. The lowest BCUT2D eigenvalue weighted by Crippen LogP contribution is -2.38. The summed E-state index contributed by atoms with van der Waals surface area (Å²) < 4.78 is 5.73. The quantitative estimate of drug-likeness (QED) is 0.899. The van der Waals surface area contributed by atoms with E-state index in [0.29, 0.717) is 12.5 Å². The van der Waals surface area contributed by atoms with Gasteiger partial charge in [-0.15, -0.1) is 0 Å². The predicted molar refractivity (Wildman–Crippen MR) is 76.0 cm³/mol. The molecule has 3 unspecified atom stereocenters. The zero-order valence-corrected chi connectivity index (χ0v) is 11.7. The molecule has 100 valence electrons. The fourth-order valence-corrected chi connectivity index (χ4v) is 2.86. The highest BCUT2D eigenvalue weighted by atomic mass is 35.5. The van der Waals surface area contributed by atoms with E-state index in [9.17, 15) is 0 Å². The van der Waals surface area contributed by atoms with Crippen molar-refractivity contribution in [2.24, 2.45) is 17.6 Å². The van der Waals surface area contributed by atoms with Gasteiger partial charge in [0.2, 0.25) is 0 Å². The fraction of sp³-hybridized carbons (Fsp3) is 0.600. The third-order valence-electron chi connectivity index (χ3n) is 3.84. The van der Waals surface area contributed by atoms with Gasteiger partial charge >= 0.3 is 0 Å². The van der Waals surface area contributed by atoms with Crippen LogP contribution in [0.4, 0.5) is 0 Å². The molecule has 1 aliphatic rings. The smallest absolute Gasteiger partial charge is 0.119 e. The molecule has 3 heteroatoms. The van der Waals surface area contributed by atoms with Crippen LogP contribution >= 0.6 is 11.6 Å². The van der Waals surface area contributed by atoms with Gasteiger partial charge in [-0.2, -0.15) is 0 Å². The highest BCUT2D eigenvalue weighted by Crippen LogP contribution is 2.30. The molecule has 3 atom stereocenters. The first-order valence-corrected chi connectivity index (χ1v) is 7.17. The third kappa shape index (κ3) is 3.89. The maximum absolute atomic E-state index is 6.24. The van der Waals surface area contributed by atoms with Crippen molar-refractivity contribution >= 4 is 11.6 Å². The van der Waals surface area contributed by atoms with Crippen LogP contribution in [0.1, 0.15) is 32.6 Å². The maximum Gasteiger partial charge on any atom is 0.119 e. The van der Waals surface area contributed by atoms with Gasteiger partial charge < -0.3 is 10.5 Å². The van der Waals surface area contributed by atoms with Crippen LogP contribution in [-0.2, 0) is 0 Å². The van der Waals surface area contributed by atoms with Crippen molar-refractivity contribution in [1.29, 1.82) is 0 Å². The Morgan fingerprint density at radius 1 is 1.33 bits per heavy atom. The van der Waals surface area contributed by atoms with Gasteiger partial charge in [-0.1, -0.05) is 31.4 Å². The SMILES string of the molecule is CC1CCCC(C(N)COc2ccc(Cl)cc2)C1. The van der Waals surface area contributed by atoms with Crippen LogP contribution < -0.4 is 10.5 Å². The van der Waals surface area contributed by atoms with Crippen molar-refractivity contribution in [3.05, 3.63) is 29.3 Å². The van der Waals surface area contributed by atoms with Gasteiger partial charge in [0.25, 0.3) is 0 Å². The Balaban J connectivity index is 1.80. The summed E-state index contributed by atoms with van der Waals surface area (Å²) in [7, 11) is 0. The average molecular weight is 268 g/mol. The van der Waals surface area contributed by atoms with E-state index in [1.54, 1.807) is 0 Å². The minimum absolute atomic E-state index is 0.142. The molecule has 18 heavy (non-hydrogen) atoms. The zero-order valence-electron chi connectivity index (χ0n) is 10.9. The molecular formula is C15H22ClNO. The molecule has 2 rings (SSSR count). The van der Waals surface area contributed by atoms with E-state index in [1.165, 1.54) is 25.7 Å². The Hall–Kier alpha value is -0.730. The van der Waals surface area contributed by atoms with Crippen LogP contribution in [0.25, 0.3) is 0 Å². The van der Waals surface area contributed by atoms with Gasteiger partial charge in [0.1, 0.15) is 12.4 Å². The van der Waals surface area contributed by atoms with Crippen LogP contribution in [-0.4, -0.2) is 12.6 Å². The Labute approximate surface area is 114 Å². The van der Waals surface area contributed by atoms with Crippen LogP contribution in [0.2, 0.25) is 5.02 Å². The van der Waals surface area contributed by atoms with Crippen LogP contribution in [0.5, 0.6) is 5.75 Å². The Kier molecular flexibility index (Phi) is 4.90. The minimum Gasteiger partial charge on any atom is -0.492 e. The summed E-state index contributed by atoms with van der Waals surface area (Å²) in [6, 6.07) is 7.59. The summed E-state index contributed by atoms with van der Waals surface area (Å²) in [5.74, 6) is 2.27. The molecule has 1 fully saturated rings. The second-order valence-electron chi connectivity index (χ2n) is 5.46. The van der Waals surface area contributed by atoms with Gasteiger partial charge in [0.05, 0.1) is 0 Å². The molecule has 0 heterocycles. The lowest BCUT2D eigenvalue weighted by molar-refractivity contribution is 0.189. The fourth-order valence-electron chi connectivity index (χ4n) is 2.73. The normalized spacial score (nSPS) is 25.7. The number of ether oxygens (including phenoxy) is 1. The van der Waals surface area contributed by atoms with E-state index in [4.69, 9.17) is 22.1 Å². The van der Waals surface area contributed by atoms with Crippen molar-refractivity contribution in [2.75, 3.05) is 6.61 Å². The number of hydrogen-bond donors (Lipinski definition) is 1. The molecule has 1 saturated carbocycles. The zero-order chi connectivity index (χ0) is 13.0. The summed E-state index contributed by atoms with van der Waals surface area (Å²) in [6.45, 7) is 2.91. The largest absolute Gasteiger partial charge is 0.492 e. The molecule has 1 aromatic carbocycles. The molecule has 1 aliphatic carbocycles. The second-order valence-corrected chi connectivity index (χ2v) is 5.90. The van der Waals surface area contributed by atoms with E-state index in [0.717, 1.165) is 16.7 Å². The average Bonchev–Trinajstić information content (AvgIpc) is 2.38. The van der Waals surface area contributed by atoms with Crippen molar-refractivity contribution < 1.29 is 4.74 Å². The Bertz CT molecular complexity index is 365. The number of halogens is 1. The first-order chi connectivity index (χ1) is 8.65. The van der Waals surface area contributed by atoms with E-state index in [2.05, 4.69) is 6.92 Å². The van der Waals surface area contributed by atoms with E-state index < -0.39 is 0 Å². The predicted octanol–water partition coefficient (Wildman–Crippen LogP) is 3.87. The monoisotopic (exact) mass is 267 g/mol. The molecule has 0 spiro atoms. The van der Waals surface area contributed by atoms with Crippen molar-refractivity contribution in [1.82, 2.24) is 0 Å². The maximum atomic E-state index is 6.24. The summed E-state index contributed by atoms with van der Waals surface area (Å²) in [5.41, 5.74) is 6.24.